The molecule has 1 aliphatic carbocycles. The molecule has 1 aromatic rings. The Bertz CT molecular complexity index is 856. The Labute approximate surface area is 190 Å². The van der Waals surface area contributed by atoms with Crippen LogP contribution in [0.15, 0.2) is 24.3 Å². The Hall–Kier alpha value is -2.16. The SMILES string of the molecule is COc1cccc(CN2C(=O)C3CCNN3C3CCC(C(=O)N4CCN(C)CC4)CC32)c1. The highest BCUT2D eigenvalue weighted by Crippen LogP contribution is 2.39. The molecule has 3 heterocycles. The number of hydrazine groups is 1. The summed E-state index contributed by atoms with van der Waals surface area (Å²) in [5.41, 5.74) is 4.54. The minimum atomic E-state index is -0.0910. The number of hydrogen-bond acceptors (Lipinski definition) is 6. The number of piperazine rings is 2. The van der Waals surface area contributed by atoms with Crippen LogP contribution in [0.5, 0.6) is 5.75 Å². The fourth-order valence-electron chi connectivity index (χ4n) is 5.99. The van der Waals surface area contributed by atoms with Crippen LogP contribution in [0.1, 0.15) is 31.2 Å². The lowest BCUT2D eigenvalue weighted by molar-refractivity contribution is -0.159. The van der Waals surface area contributed by atoms with E-state index in [9.17, 15) is 9.59 Å². The first-order valence-corrected chi connectivity index (χ1v) is 12.0. The molecule has 0 bridgehead atoms. The van der Waals surface area contributed by atoms with Gasteiger partial charge in [0.1, 0.15) is 11.8 Å². The van der Waals surface area contributed by atoms with E-state index < -0.39 is 0 Å². The van der Waals surface area contributed by atoms with E-state index >= 15 is 0 Å². The summed E-state index contributed by atoms with van der Waals surface area (Å²) in [4.78, 5) is 33.3. The summed E-state index contributed by atoms with van der Waals surface area (Å²) in [5.74, 6) is 1.27. The van der Waals surface area contributed by atoms with Crippen LogP contribution < -0.4 is 10.2 Å². The highest BCUT2D eigenvalue weighted by atomic mass is 16.5. The second kappa shape index (κ2) is 9.00. The summed E-state index contributed by atoms with van der Waals surface area (Å²) in [6.45, 7) is 4.90. The lowest BCUT2D eigenvalue weighted by Crippen LogP contribution is -2.68. The number of benzene rings is 1. The number of fused-ring (bicyclic) bond motifs is 3. The Morgan fingerprint density at radius 1 is 1.12 bits per heavy atom. The van der Waals surface area contributed by atoms with E-state index in [1.54, 1.807) is 7.11 Å². The zero-order valence-corrected chi connectivity index (χ0v) is 19.2. The molecule has 2 amide bonds. The minimum absolute atomic E-state index is 0.000538. The van der Waals surface area contributed by atoms with Crippen molar-refractivity contribution in [3.63, 3.8) is 0 Å². The van der Waals surface area contributed by atoms with Crippen LogP contribution in [0.25, 0.3) is 0 Å². The Morgan fingerprint density at radius 3 is 2.72 bits per heavy atom. The summed E-state index contributed by atoms with van der Waals surface area (Å²) in [6.07, 6.45) is 3.44. The molecule has 1 saturated carbocycles. The normalized spacial score (nSPS) is 31.4. The van der Waals surface area contributed by atoms with E-state index in [-0.39, 0.29) is 35.9 Å². The molecule has 3 aliphatic heterocycles. The summed E-state index contributed by atoms with van der Waals surface area (Å²) in [6, 6.07) is 8.19. The van der Waals surface area contributed by atoms with Crippen molar-refractivity contribution in [2.45, 2.75) is 50.4 Å². The first kappa shape index (κ1) is 21.7. The summed E-state index contributed by atoms with van der Waals surface area (Å²) >= 11 is 0. The molecule has 1 N–H and O–H groups in total. The van der Waals surface area contributed by atoms with Crippen molar-refractivity contribution in [2.75, 3.05) is 46.9 Å². The molecule has 174 valence electrons. The average molecular weight is 442 g/mol. The number of likely N-dealkylation sites (N-methyl/N-ethyl adjacent to an activating group) is 1. The summed E-state index contributed by atoms with van der Waals surface area (Å²) < 4.78 is 5.39. The topological polar surface area (TPSA) is 68.4 Å². The predicted molar refractivity (Wildman–Crippen MR) is 121 cm³/mol. The summed E-state index contributed by atoms with van der Waals surface area (Å²) in [5, 5.41) is 2.21. The molecule has 4 aliphatic rings. The van der Waals surface area contributed by atoms with Gasteiger partial charge in [-0.2, -0.15) is 0 Å². The second-order valence-electron chi connectivity index (χ2n) is 9.71. The van der Waals surface area contributed by atoms with Gasteiger partial charge >= 0.3 is 0 Å². The number of carbonyl (C=O) groups is 2. The maximum atomic E-state index is 13.5. The monoisotopic (exact) mass is 441 g/mol. The van der Waals surface area contributed by atoms with Crippen molar-refractivity contribution < 1.29 is 14.3 Å². The van der Waals surface area contributed by atoms with E-state index in [4.69, 9.17) is 4.74 Å². The van der Waals surface area contributed by atoms with Crippen molar-refractivity contribution in [2.24, 2.45) is 5.92 Å². The number of hydrogen-bond donors (Lipinski definition) is 1. The molecule has 4 fully saturated rings. The lowest BCUT2D eigenvalue weighted by atomic mass is 9.78. The molecule has 5 rings (SSSR count). The number of rotatable bonds is 4. The van der Waals surface area contributed by atoms with E-state index in [0.29, 0.717) is 6.54 Å². The molecule has 4 atom stereocenters. The zero-order valence-electron chi connectivity index (χ0n) is 19.2. The first-order chi connectivity index (χ1) is 15.5. The van der Waals surface area contributed by atoms with E-state index in [1.165, 1.54) is 0 Å². The van der Waals surface area contributed by atoms with Crippen LogP contribution in [0.4, 0.5) is 0 Å². The smallest absolute Gasteiger partial charge is 0.242 e. The standard InChI is InChI=1S/C24H35N5O3/c1-26-10-12-27(13-11-26)23(30)18-6-7-20-22(15-18)28(24(31)21-8-9-25-29(20)21)16-17-4-3-5-19(14-17)32-2/h3-5,14,18,20-22,25H,6-13,15-16H2,1-2H3. The van der Waals surface area contributed by atoms with Gasteiger partial charge in [-0.3, -0.25) is 15.0 Å². The molecule has 4 unspecified atom stereocenters. The number of ether oxygens (including phenoxy) is 1. The quantitative estimate of drug-likeness (QED) is 0.750. The van der Waals surface area contributed by atoms with Crippen molar-refractivity contribution in [3.05, 3.63) is 29.8 Å². The second-order valence-corrected chi connectivity index (χ2v) is 9.71. The van der Waals surface area contributed by atoms with E-state index in [1.807, 2.05) is 23.1 Å². The highest BCUT2D eigenvalue weighted by Gasteiger charge is 2.51. The van der Waals surface area contributed by atoms with Gasteiger partial charge in [-0.1, -0.05) is 12.1 Å². The Balaban J connectivity index is 1.36. The molecule has 3 saturated heterocycles. The van der Waals surface area contributed by atoms with E-state index in [0.717, 1.165) is 69.7 Å². The molecule has 8 heteroatoms. The summed E-state index contributed by atoms with van der Waals surface area (Å²) in [7, 11) is 3.77. The van der Waals surface area contributed by atoms with Gasteiger partial charge < -0.3 is 19.4 Å². The Morgan fingerprint density at radius 2 is 1.94 bits per heavy atom. The van der Waals surface area contributed by atoms with Crippen molar-refractivity contribution in [1.29, 1.82) is 0 Å². The van der Waals surface area contributed by atoms with E-state index in [2.05, 4.69) is 33.3 Å². The first-order valence-electron chi connectivity index (χ1n) is 12.0. The molecular weight excluding hydrogens is 406 g/mol. The van der Waals surface area contributed by atoms with Gasteiger partial charge in [0, 0.05) is 57.3 Å². The fourth-order valence-corrected chi connectivity index (χ4v) is 5.99. The largest absolute Gasteiger partial charge is 0.497 e. The maximum Gasteiger partial charge on any atom is 0.242 e. The lowest BCUT2D eigenvalue weighted by Gasteiger charge is -2.52. The van der Waals surface area contributed by atoms with Crippen LogP contribution in [0, 0.1) is 5.92 Å². The van der Waals surface area contributed by atoms with Crippen LogP contribution in [0.3, 0.4) is 0 Å². The van der Waals surface area contributed by atoms with Crippen LogP contribution in [-0.4, -0.2) is 96.5 Å². The number of nitrogens with zero attached hydrogens (tertiary/aromatic N) is 4. The van der Waals surface area contributed by atoms with Crippen LogP contribution >= 0.6 is 0 Å². The van der Waals surface area contributed by atoms with Crippen molar-refractivity contribution in [1.82, 2.24) is 25.1 Å². The Kier molecular flexibility index (Phi) is 6.09. The minimum Gasteiger partial charge on any atom is -0.497 e. The van der Waals surface area contributed by atoms with Gasteiger partial charge in [-0.05, 0) is 50.4 Å². The molecule has 0 radical (unpaired) electrons. The molecule has 32 heavy (non-hydrogen) atoms. The highest BCUT2D eigenvalue weighted by molar-refractivity contribution is 5.84. The van der Waals surface area contributed by atoms with Gasteiger partial charge in [0.05, 0.1) is 7.11 Å². The van der Waals surface area contributed by atoms with Crippen molar-refractivity contribution >= 4 is 11.8 Å². The van der Waals surface area contributed by atoms with Gasteiger partial charge in [0.2, 0.25) is 11.8 Å². The van der Waals surface area contributed by atoms with Gasteiger partial charge in [0.15, 0.2) is 0 Å². The predicted octanol–water partition coefficient (Wildman–Crippen LogP) is 0.928. The van der Waals surface area contributed by atoms with Crippen molar-refractivity contribution in [3.8, 4) is 5.75 Å². The maximum absolute atomic E-state index is 13.5. The van der Waals surface area contributed by atoms with Crippen LogP contribution in [0.2, 0.25) is 0 Å². The fraction of sp³-hybridized carbons (Fsp3) is 0.667. The number of nitrogens with one attached hydrogen (secondary N) is 1. The van der Waals surface area contributed by atoms with Crippen LogP contribution in [-0.2, 0) is 16.1 Å². The van der Waals surface area contributed by atoms with Gasteiger partial charge in [0.25, 0.3) is 0 Å². The third kappa shape index (κ3) is 4.00. The molecule has 8 nitrogen and oxygen atoms in total. The van der Waals surface area contributed by atoms with Gasteiger partial charge in [-0.15, -0.1) is 0 Å². The molecule has 0 aromatic heterocycles. The third-order valence-electron chi connectivity index (χ3n) is 7.81. The number of amides is 2. The number of methoxy groups -OCH3 is 1. The molecule has 0 spiro atoms. The zero-order chi connectivity index (χ0) is 22.2. The average Bonchev–Trinajstić information content (AvgIpc) is 3.32. The molecule has 1 aromatic carbocycles. The molecular formula is C24H35N5O3. The third-order valence-corrected chi connectivity index (χ3v) is 7.81. The van der Waals surface area contributed by atoms with Gasteiger partial charge in [-0.25, -0.2) is 5.01 Å². The number of carbonyl (C=O) groups excluding carboxylic acids is 2.